The minimum atomic E-state index is -0.331. The highest BCUT2D eigenvalue weighted by Gasteiger charge is 2.43. The SMILES string of the molecule is Cc1cncc(C(=O)C2(N(C)C)CCC(C)CC2)c1. The third kappa shape index (κ3) is 2.71. The Balaban J connectivity index is 2.32. The van der Waals surface area contributed by atoms with E-state index in [0.29, 0.717) is 0 Å². The highest BCUT2D eigenvalue weighted by molar-refractivity contribution is 6.03. The zero-order valence-corrected chi connectivity index (χ0v) is 12.4. The number of likely N-dealkylation sites (N-methyl/N-ethyl adjacent to an activating group) is 1. The maximum absolute atomic E-state index is 12.9. The summed E-state index contributed by atoms with van der Waals surface area (Å²) in [7, 11) is 4.05. The van der Waals surface area contributed by atoms with Crippen LogP contribution < -0.4 is 0 Å². The number of aryl methyl sites for hydroxylation is 1. The highest BCUT2D eigenvalue weighted by atomic mass is 16.1. The van der Waals surface area contributed by atoms with Gasteiger partial charge in [-0.1, -0.05) is 6.92 Å². The number of pyridine rings is 1. The summed E-state index contributed by atoms with van der Waals surface area (Å²) in [5, 5.41) is 0. The minimum Gasteiger partial charge on any atom is -0.297 e. The molecule has 1 aliphatic carbocycles. The van der Waals surface area contributed by atoms with E-state index in [4.69, 9.17) is 0 Å². The molecule has 0 amide bonds. The zero-order valence-electron chi connectivity index (χ0n) is 12.4. The second-order valence-corrected chi connectivity index (χ2v) is 6.19. The highest BCUT2D eigenvalue weighted by Crippen LogP contribution is 2.37. The van der Waals surface area contributed by atoms with Crippen molar-refractivity contribution in [2.24, 2.45) is 5.92 Å². The smallest absolute Gasteiger partial charge is 0.184 e. The van der Waals surface area contributed by atoms with Gasteiger partial charge < -0.3 is 0 Å². The van der Waals surface area contributed by atoms with Crippen molar-refractivity contribution in [2.75, 3.05) is 14.1 Å². The van der Waals surface area contributed by atoms with Crippen LogP contribution in [0.3, 0.4) is 0 Å². The van der Waals surface area contributed by atoms with Gasteiger partial charge in [0, 0.05) is 18.0 Å². The number of hydrogen-bond donors (Lipinski definition) is 0. The molecular weight excluding hydrogens is 236 g/mol. The summed E-state index contributed by atoms with van der Waals surface area (Å²) in [5.41, 5.74) is 1.47. The van der Waals surface area contributed by atoms with Crippen LogP contribution in [0.25, 0.3) is 0 Å². The number of aromatic nitrogens is 1. The first kappa shape index (κ1) is 14.2. The fraction of sp³-hybridized carbons (Fsp3) is 0.625. The Labute approximate surface area is 116 Å². The second-order valence-electron chi connectivity index (χ2n) is 6.19. The molecular formula is C16H24N2O. The summed E-state index contributed by atoms with van der Waals surface area (Å²) in [6.07, 6.45) is 7.66. The van der Waals surface area contributed by atoms with E-state index < -0.39 is 0 Å². The van der Waals surface area contributed by atoms with Crippen LogP contribution in [-0.2, 0) is 0 Å². The molecule has 19 heavy (non-hydrogen) atoms. The predicted molar refractivity (Wildman–Crippen MR) is 77.4 cm³/mol. The van der Waals surface area contributed by atoms with Gasteiger partial charge in [0.2, 0.25) is 0 Å². The standard InChI is InChI=1S/C16H24N2O/c1-12-5-7-16(8-6-12,18(3)4)15(19)14-9-13(2)10-17-11-14/h9-12H,5-8H2,1-4H3. The number of Topliss-reactive ketones (excluding diaryl/α,β-unsaturated/α-hetero) is 1. The lowest BCUT2D eigenvalue weighted by molar-refractivity contribution is 0.0513. The molecule has 1 aliphatic rings. The molecule has 0 spiro atoms. The molecule has 0 unspecified atom stereocenters. The molecule has 104 valence electrons. The van der Waals surface area contributed by atoms with E-state index in [1.165, 1.54) is 0 Å². The van der Waals surface area contributed by atoms with Gasteiger partial charge >= 0.3 is 0 Å². The van der Waals surface area contributed by atoms with Gasteiger partial charge in [-0.3, -0.25) is 14.7 Å². The maximum Gasteiger partial charge on any atom is 0.184 e. The van der Waals surface area contributed by atoms with Crippen molar-refractivity contribution >= 4 is 5.78 Å². The van der Waals surface area contributed by atoms with Crippen molar-refractivity contribution in [1.82, 2.24) is 9.88 Å². The van der Waals surface area contributed by atoms with Crippen LogP contribution in [0.1, 0.15) is 48.5 Å². The van der Waals surface area contributed by atoms with Gasteiger partial charge in [-0.2, -0.15) is 0 Å². The molecule has 0 bridgehead atoms. The van der Waals surface area contributed by atoms with Gasteiger partial charge in [0.1, 0.15) is 0 Å². The number of rotatable bonds is 3. The first-order valence-corrected chi connectivity index (χ1v) is 7.09. The molecule has 0 radical (unpaired) electrons. The lowest BCUT2D eigenvalue weighted by Gasteiger charge is -2.43. The summed E-state index contributed by atoms with van der Waals surface area (Å²) in [5.74, 6) is 0.970. The van der Waals surface area contributed by atoms with Gasteiger partial charge in [-0.15, -0.1) is 0 Å². The molecule has 1 aromatic rings. The molecule has 0 aliphatic heterocycles. The van der Waals surface area contributed by atoms with Crippen molar-refractivity contribution in [3.8, 4) is 0 Å². The van der Waals surface area contributed by atoms with E-state index in [-0.39, 0.29) is 11.3 Å². The maximum atomic E-state index is 12.9. The number of carbonyl (C=O) groups is 1. The summed E-state index contributed by atoms with van der Waals surface area (Å²) in [4.78, 5) is 19.2. The van der Waals surface area contributed by atoms with Crippen LogP contribution in [0.15, 0.2) is 18.5 Å². The molecule has 0 N–H and O–H groups in total. The van der Waals surface area contributed by atoms with Crippen LogP contribution in [0.5, 0.6) is 0 Å². The Hall–Kier alpha value is -1.22. The van der Waals surface area contributed by atoms with Gasteiger partial charge in [0.05, 0.1) is 5.54 Å². The Morgan fingerprint density at radius 1 is 1.32 bits per heavy atom. The quantitative estimate of drug-likeness (QED) is 0.783. The van der Waals surface area contributed by atoms with Crippen molar-refractivity contribution in [1.29, 1.82) is 0 Å². The predicted octanol–water partition coefficient (Wildman–Crippen LogP) is 3.08. The Bertz CT molecular complexity index is 460. The first-order valence-electron chi connectivity index (χ1n) is 7.09. The summed E-state index contributed by atoms with van der Waals surface area (Å²) in [6.45, 7) is 4.26. The average Bonchev–Trinajstić information content (AvgIpc) is 2.39. The van der Waals surface area contributed by atoms with Gasteiger partial charge in [-0.05, 0) is 64.3 Å². The minimum absolute atomic E-state index is 0.237. The number of carbonyl (C=O) groups excluding carboxylic acids is 1. The van der Waals surface area contributed by atoms with Gasteiger partial charge in [-0.25, -0.2) is 0 Å². The molecule has 1 aromatic heterocycles. The van der Waals surface area contributed by atoms with E-state index in [1.807, 2.05) is 27.1 Å². The zero-order chi connectivity index (χ0) is 14.0. The molecule has 0 aromatic carbocycles. The molecule has 3 nitrogen and oxygen atoms in total. The van der Waals surface area contributed by atoms with Crippen LogP contribution >= 0.6 is 0 Å². The van der Waals surface area contributed by atoms with Crippen LogP contribution in [0.4, 0.5) is 0 Å². The number of ketones is 1. The Morgan fingerprint density at radius 3 is 2.47 bits per heavy atom. The number of hydrogen-bond acceptors (Lipinski definition) is 3. The topological polar surface area (TPSA) is 33.2 Å². The second kappa shape index (κ2) is 5.41. The number of nitrogens with zero attached hydrogens (tertiary/aromatic N) is 2. The largest absolute Gasteiger partial charge is 0.297 e. The van der Waals surface area contributed by atoms with Crippen LogP contribution in [0.2, 0.25) is 0 Å². The van der Waals surface area contributed by atoms with E-state index in [0.717, 1.165) is 42.7 Å². The van der Waals surface area contributed by atoms with Crippen molar-refractivity contribution in [3.63, 3.8) is 0 Å². The fourth-order valence-corrected chi connectivity index (χ4v) is 3.06. The third-order valence-corrected chi connectivity index (χ3v) is 4.52. The molecule has 1 saturated carbocycles. The lowest BCUT2D eigenvalue weighted by atomic mass is 9.72. The molecule has 1 heterocycles. The molecule has 3 heteroatoms. The Morgan fingerprint density at radius 2 is 1.95 bits per heavy atom. The van der Waals surface area contributed by atoms with Crippen LogP contribution in [-0.4, -0.2) is 35.3 Å². The average molecular weight is 260 g/mol. The van der Waals surface area contributed by atoms with Crippen molar-refractivity contribution in [2.45, 2.75) is 45.1 Å². The van der Waals surface area contributed by atoms with E-state index in [9.17, 15) is 4.79 Å². The molecule has 0 atom stereocenters. The monoisotopic (exact) mass is 260 g/mol. The molecule has 2 rings (SSSR count). The van der Waals surface area contributed by atoms with Crippen molar-refractivity contribution in [3.05, 3.63) is 29.6 Å². The normalized spacial score (nSPS) is 27.5. The van der Waals surface area contributed by atoms with E-state index >= 15 is 0 Å². The summed E-state index contributed by atoms with van der Waals surface area (Å²) >= 11 is 0. The van der Waals surface area contributed by atoms with Crippen LogP contribution in [0, 0.1) is 12.8 Å². The Kier molecular flexibility index (Phi) is 4.04. The summed E-state index contributed by atoms with van der Waals surface area (Å²) < 4.78 is 0. The van der Waals surface area contributed by atoms with Crippen molar-refractivity contribution < 1.29 is 4.79 Å². The lowest BCUT2D eigenvalue weighted by Crippen LogP contribution is -2.53. The fourth-order valence-electron chi connectivity index (χ4n) is 3.06. The molecule has 0 saturated heterocycles. The summed E-state index contributed by atoms with van der Waals surface area (Å²) in [6, 6.07) is 1.96. The van der Waals surface area contributed by atoms with Gasteiger partial charge in [0.25, 0.3) is 0 Å². The third-order valence-electron chi connectivity index (χ3n) is 4.52. The van der Waals surface area contributed by atoms with E-state index in [1.54, 1.807) is 12.4 Å². The van der Waals surface area contributed by atoms with E-state index in [2.05, 4.69) is 16.8 Å². The van der Waals surface area contributed by atoms with Gasteiger partial charge in [0.15, 0.2) is 5.78 Å². The molecule has 1 fully saturated rings. The first-order chi connectivity index (χ1) is 8.95.